The summed E-state index contributed by atoms with van der Waals surface area (Å²) in [7, 11) is 1.78. The zero-order chi connectivity index (χ0) is 17.7. The Hall–Kier alpha value is -1.61. The van der Waals surface area contributed by atoms with Gasteiger partial charge in [-0.05, 0) is 23.6 Å². The Kier molecular flexibility index (Phi) is 11.7. The lowest BCUT2D eigenvalue weighted by atomic mass is 10.1. The van der Waals surface area contributed by atoms with Gasteiger partial charge in [-0.15, -0.1) is 24.0 Å². The van der Waals surface area contributed by atoms with E-state index in [1.165, 1.54) is 11.1 Å². The topological polar surface area (TPSA) is 63.5 Å². The van der Waals surface area contributed by atoms with E-state index in [9.17, 15) is 0 Å². The maximum absolute atomic E-state index is 5.55. The number of halogens is 1. The molecule has 0 unspecified atom stereocenters. The molecular weight excluding hydrogens is 441 g/mol. The minimum absolute atomic E-state index is 0. The van der Waals surface area contributed by atoms with Crippen LogP contribution in [0.15, 0.2) is 47.7 Å². The van der Waals surface area contributed by atoms with Crippen molar-refractivity contribution in [3.05, 3.63) is 53.9 Å². The van der Waals surface area contributed by atoms with Crippen molar-refractivity contribution in [1.82, 2.24) is 20.4 Å². The number of nitrogens with zero attached hydrogens (tertiary/aromatic N) is 3. The lowest BCUT2D eigenvalue weighted by molar-refractivity contribution is 0.136. The van der Waals surface area contributed by atoms with Crippen LogP contribution in [0.3, 0.4) is 0 Å². The van der Waals surface area contributed by atoms with Crippen molar-refractivity contribution in [1.29, 1.82) is 0 Å². The summed E-state index contributed by atoms with van der Waals surface area (Å²) in [4.78, 5) is 4.26. The third-order valence-corrected chi connectivity index (χ3v) is 3.86. The van der Waals surface area contributed by atoms with E-state index in [2.05, 4.69) is 51.9 Å². The smallest absolute Gasteiger partial charge is 0.191 e. The number of nitrogens with one attached hydrogen (secondary N) is 2. The van der Waals surface area contributed by atoms with E-state index in [0.29, 0.717) is 13.2 Å². The number of rotatable bonds is 10. The molecule has 0 atom stereocenters. The molecule has 0 saturated carbocycles. The molecule has 144 valence electrons. The summed E-state index contributed by atoms with van der Waals surface area (Å²) in [6.45, 7) is 5.91. The summed E-state index contributed by atoms with van der Waals surface area (Å²) in [5.74, 6) is 0.785. The average molecular weight is 471 g/mol. The van der Waals surface area contributed by atoms with Crippen molar-refractivity contribution in [3.63, 3.8) is 0 Å². The third kappa shape index (κ3) is 8.18. The molecule has 6 nitrogen and oxygen atoms in total. The van der Waals surface area contributed by atoms with Crippen molar-refractivity contribution in [2.24, 2.45) is 4.99 Å². The molecule has 0 fully saturated rings. The first-order chi connectivity index (χ1) is 12.3. The second-order valence-electron chi connectivity index (χ2n) is 5.79. The van der Waals surface area contributed by atoms with Crippen LogP contribution in [-0.4, -0.2) is 42.5 Å². The largest absolute Gasteiger partial charge is 0.380 e. The van der Waals surface area contributed by atoms with Gasteiger partial charge in [0.05, 0.1) is 13.2 Å². The van der Waals surface area contributed by atoms with Crippen molar-refractivity contribution >= 4 is 29.9 Å². The molecule has 0 bridgehead atoms. The molecule has 26 heavy (non-hydrogen) atoms. The highest BCUT2D eigenvalue weighted by molar-refractivity contribution is 14.0. The Bertz CT molecular complexity index is 631. The van der Waals surface area contributed by atoms with Gasteiger partial charge in [0.25, 0.3) is 0 Å². The number of benzene rings is 1. The van der Waals surface area contributed by atoms with Crippen molar-refractivity contribution < 1.29 is 4.74 Å². The van der Waals surface area contributed by atoms with Crippen LogP contribution in [0.2, 0.25) is 0 Å². The zero-order valence-electron chi connectivity index (χ0n) is 15.6. The van der Waals surface area contributed by atoms with Crippen LogP contribution in [0.5, 0.6) is 0 Å². The van der Waals surface area contributed by atoms with E-state index < -0.39 is 0 Å². The first kappa shape index (κ1) is 22.4. The summed E-state index contributed by atoms with van der Waals surface area (Å²) in [5, 5.41) is 10.9. The molecule has 0 aliphatic heterocycles. The molecule has 2 rings (SSSR count). The van der Waals surface area contributed by atoms with Crippen LogP contribution in [0, 0.1) is 0 Å². The Balaban J connectivity index is 0.00000338. The van der Waals surface area contributed by atoms with E-state index in [-0.39, 0.29) is 24.0 Å². The maximum atomic E-state index is 5.55. The fourth-order valence-corrected chi connectivity index (χ4v) is 2.44. The predicted molar refractivity (Wildman–Crippen MR) is 117 cm³/mol. The Morgan fingerprint density at radius 3 is 2.65 bits per heavy atom. The fourth-order valence-electron chi connectivity index (χ4n) is 2.44. The van der Waals surface area contributed by atoms with Crippen molar-refractivity contribution in [3.8, 4) is 0 Å². The Labute approximate surface area is 173 Å². The second kappa shape index (κ2) is 13.6. The van der Waals surface area contributed by atoms with Gasteiger partial charge in [-0.25, -0.2) is 0 Å². The Morgan fingerprint density at radius 2 is 1.96 bits per heavy atom. The number of guanidine groups is 1. The molecule has 0 aliphatic rings. The van der Waals surface area contributed by atoms with E-state index >= 15 is 0 Å². The number of ether oxygens (including phenoxy) is 1. The normalized spacial score (nSPS) is 11.1. The van der Waals surface area contributed by atoms with Gasteiger partial charge in [0, 0.05) is 39.1 Å². The van der Waals surface area contributed by atoms with E-state index in [1.54, 1.807) is 13.2 Å². The van der Waals surface area contributed by atoms with Crippen LogP contribution >= 0.6 is 24.0 Å². The molecule has 1 aromatic heterocycles. The third-order valence-electron chi connectivity index (χ3n) is 3.86. The molecule has 2 N–H and O–H groups in total. The summed E-state index contributed by atoms with van der Waals surface area (Å²) in [6.07, 6.45) is 6.05. The van der Waals surface area contributed by atoms with Gasteiger partial charge in [0.15, 0.2) is 5.96 Å². The number of hydrogen-bond donors (Lipinski definition) is 2. The molecule has 0 amide bonds. The van der Waals surface area contributed by atoms with Gasteiger partial charge >= 0.3 is 0 Å². The van der Waals surface area contributed by atoms with Crippen LogP contribution in [0.1, 0.15) is 30.9 Å². The minimum Gasteiger partial charge on any atom is -0.380 e. The van der Waals surface area contributed by atoms with E-state index in [1.807, 2.05) is 16.9 Å². The van der Waals surface area contributed by atoms with Gasteiger partial charge in [0.1, 0.15) is 0 Å². The summed E-state index contributed by atoms with van der Waals surface area (Å²) >= 11 is 0. The average Bonchev–Trinajstić information content (AvgIpc) is 3.15. The molecule has 1 aromatic carbocycles. The van der Waals surface area contributed by atoms with Crippen LogP contribution in [0.25, 0.3) is 0 Å². The number of hydrogen-bond acceptors (Lipinski definition) is 3. The number of aliphatic imine (C=N–C) groups is 1. The highest BCUT2D eigenvalue weighted by Gasteiger charge is 2.04. The van der Waals surface area contributed by atoms with Crippen LogP contribution in [-0.2, 0) is 17.8 Å². The van der Waals surface area contributed by atoms with Crippen molar-refractivity contribution in [2.45, 2.75) is 32.9 Å². The van der Waals surface area contributed by atoms with Gasteiger partial charge in [-0.2, -0.15) is 5.10 Å². The molecular formula is C19H30IN5O. The fraction of sp³-hybridized carbons (Fsp3) is 0.474. The second-order valence-corrected chi connectivity index (χ2v) is 5.79. The van der Waals surface area contributed by atoms with Crippen LogP contribution < -0.4 is 10.6 Å². The maximum Gasteiger partial charge on any atom is 0.191 e. The number of unbranched alkanes of at least 4 members (excludes halogenated alkanes) is 1. The lowest BCUT2D eigenvalue weighted by Crippen LogP contribution is -2.38. The minimum atomic E-state index is 0. The highest BCUT2D eigenvalue weighted by atomic mass is 127. The molecule has 2 aromatic rings. The van der Waals surface area contributed by atoms with E-state index in [4.69, 9.17) is 4.74 Å². The van der Waals surface area contributed by atoms with Gasteiger partial charge in [-0.3, -0.25) is 9.67 Å². The SMILES string of the molecule is CCCCOCCNC(=NC)NCc1ccccc1Cn1cccn1.I. The monoisotopic (exact) mass is 471 g/mol. The van der Waals surface area contributed by atoms with Gasteiger partial charge in [0.2, 0.25) is 0 Å². The number of aromatic nitrogens is 2. The zero-order valence-corrected chi connectivity index (χ0v) is 18.0. The van der Waals surface area contributed by atoms with Gasteiger partial charge < -0.3 is 15.4 Å². The molecule has 1 heterocycles. The first-order valence-electron chi connectivity index (χ1n) is 8.90. The standard InChI is InChI=1S/C19H29N5O.HI/c1-3-4-13-25-14-11-21-19(20-2)22-15-17-8-5-6-9-18(17)16-24-12-7-10-23-24;/h5-10,12H,3-4,11,13-16H2,1-2H3,(H2,20,21,22);1H. The molecule has 0 saturated heterocycles. The molecule has 7 heteroatoms. The quantitative estimate of drug-likeness (QED) is 0.242. The lowest BCUT2D eigenvalue weighted by Gasteiger charge is -2.14. The highest BCUT2D eigenvalue weighted by Crippen LogP contribution is 2.10. The van der Waals surface area contributed by atoms with Gasteiger partial charge in [-0.1, -0.05) is 37.6 Å². The molecule has 0 aliphatic carbocycles. The summed E-state index contributed by atoms with van der Waals surface area (Å²) < 4.78 is 7.48. The predicted octanol–water partition coefficient (Wildman–Crippen LogP) is 3.03. The molecule has 0 radical (unpaired) electrons. The summed E-state index contributed by atoms with van der Waals surface area (Å²) in [6, 6.07) is 10.3. The van der Waals surface area contributed by atoms with E-state index in [0.717, 1.165) is 38.5 Å². The molecule has 0 spiro atoms. The first-order valence-corrected chi connectivity index (χ1v) is 8.90. The summed E-state index contributed by atoms with van der Waals surface area (Å²) in [5.41, 5.74) is 2.48. The van der Waals surface area contributed by atoms with Crippen LogP contribution in [0.4, 0.5) is 0 Å². The van der Waals surface area contributed by atoms with Crippen molar-refractivity contribution in [2.75, 3.05) is 26.8 Å². The Morgan fingerprint density at radius 1 is 1.15 bits per heavy atom.